The molecule has 1 aliphatic rings. The molecule has 0 aromatic carbocycles. The van der Waals surface area contributed by atoms with Crippen molar-refractivity contribution >= 4 is 11.6 Å². The van der Waals surface area contributed by atoms with E-state index in [0.29, 0.717) is 12.2 Å². The Kier molecular flexibility index (Phi) is 4.63. The molecule has 1 aliphatic heterocycles. The molecule has 0 atom stereocenters. The van der Waals surface area contributed by atoms with Gasteiger partial charge in [0.15, 0.2) is 0 Å². The number of rotatable bonds is 4. The van der Waals surface area contributed by atoms with Gasteiger partial charge in [0.05, 0.1) is 0 Å². The minimum atomic E-state index is -0.150. The molecule has 5 nitrogen and oxygen atoms in total. The van der Waals surface area contributed by atoms with E-state index < -0.39 is 0 Å². The highest BCUT2D eigenvalue weighted by molar-refractivity contribution is 5.93. The van der Waals surface area contributed by atoms with Gasteiger partial charge in [-0.3, -0.25) is 14.8 Å². The van der Waals surface area contributed by atoms with Crippen molar-refractivity contribution in [1.82, 2.24) is 15.3 Å². The van der Waals surface area contributed by atoms with Crippen LogP contribution in [0.1, 0.15) is 35.3 Å². The Morgan fingerprint density at radius 3 is 2.82 bits per heavy atom. The third kappa shape index (κ3) is 3.61. The summed E-state index contributed by atoms with van der Waals surface area (Å²) in [5.74, 6) is -0.150. The maximum Gasteiger partial charge on any atom is 0.270 e. The predicted molar refractivity (Wildman–Crippen MR) is 85.7 cm³/mol. The Balaban J connectivity index is 1.64. The van der Waals surface area contributed by atoms with Crippen LogP contribution in [-0.2, 0) is 6.54 Å². The predicted octanol–water partition coefficient (Wildman–Crippen LogP) is 2.40. The number of amides is 1. The zero-order valence-corrected chi connectivity index (χ0v) is 12.5. The minimum Gasteiger partial charge on any atom is -0.371 e. The Bertz CT molecular complexity index is 624. The standard InChI is InChI=1S/C17H20N4O/c22-17(20-13-14-5-4-7-18-12-14)16-11-15(6-8-19-16)21-9-2-1-3-10-21/h4-8,11-12H,1-3,9-10,13H2,(H,20,22). The second-order valence-electron chi connectivity index (χ2n) is 5.49. The Hall–Kier alpha value is -2.43. The average Bonchev–Trinajstić information content (AvgIpc) is 2.61. The van der Waals surface area contributed by atoms with Crippen molar-refractivity contribution in [1.29, 1.82) is 0 Å². The first-order valence-electron chi connectivity index (χ1n) is 7.71. The summed E-state index contributed by atoms with van der Waals surface area (Å²) in [5.41, 5.74) is 2.52. The van der Waals surface area contributed by atoms with Crippen LogP contribution in [0.15, 0.2) is 42.9 Å². The first-order chi connectivity index (χ1) is 10.8. The summed E-state index contributed by atoms with van der Waals surface area (Å²) >= 11 is 0. The number of carbonyl (C=O) groups is 1. The molecule has 1 N–H and O–H groups in total. The summed E-state index contributed by atoms with van der Waals surface area (Å²) in [6.45, 7) is 2.57. The minimum absolute atomic E-state index is 0.150. The van der Waals surface area contributed by atoms with Crippen LogP contribution in [0.25, 0.3) is 0 Å². The van der Waals surface area contributed by atoms with Gasteiger partial charge in [0.25, 0.3) is 5.91 Å². The number of piperidine rings is 1. The monoisotopic (exact) mass is 296 g/mol. The number of aromatic nitrogens is 2. The lowest BCUT2D eigenvalue weighted by atomic mass is 10.1. The lowest BCUT2D eigenvalue weighted by Crippen LogP contribution is -2.30. The van der Waals surface area contributed by atoms with Crippen molar-refractivity contribution in [2.45, 2.75) is 25.8 Å². The molecule has 2 aromatic heterocycles. The number of pyridine rings is 2. The molecule has 0 unspecified atom stereocenters. The lowest BCUT2D eigenvalue weighted by Gasteiger charge is -2.28. The number of nitrogens with zero attached hydrogens (tertiary/aromatic N) is 3. The van der Waals surface area contributed by atoms with Gasteiger partial charge < -0.3 is 10.2 Å². The van der Waals surface area contributed by atoms with Crippen LogP contribution in [0.5, 0.6) is 0 Å². The third-order valence-electron chi connectivity index (χ3n) is 3.87. The third-order valence-corrected chi connectivity index (χ3v) is 3.87. The normalized spacial score (nSPS) is 14.6. The molecule has 0 saturated carbocycles. The van der Waals surface area contributed by atoms with Gasteiger partial charge in [0.1, 0.15) is 5.69 Å². The quantitative estimate of drug-likeness (QED) is 0.941. The highest BCUT2D eigenvalue weighted by Gasteiger charge is 2.14. The number of hydrogen-bond donors (Lipinski definition) is 1. The maximum absolute atomic E-state index is 12.2. The first-order valence-corrected chi connectivity index (χ1v) is 7.71. The Morgan fingerprint density at radius 2 is 2.05 bits per heavy atom. The van der Waals surface area contributed by atoms with E-state index in [9.17, 15) is 4.79 Å². The topological polar surface area (TPSA) is 58.1 Å². The summed E-state index contributed by atoms with van der Waals surface area (Å²) in [5, 5.41) is 2.89. The van der Waals surface area contributed by atoms with E-state index in [1.807, 2.05) is 24.3 Å². The molecule has 3 heterocycles. The maximum atomic E-state index is 12.2. The summed E-state index contributed by atoms with van der Waals surface area (Å²) in [6.07, 6.45) is 8.89. The fourth-order valence-corrected chi connectivity index (χ4v) is 2.67. The molecular formula is C17H20N4O. The molecule has 1 amide bonds. The van der Waals surface area contributed by atoms with E-state index >= 15 is 0 Å². The van der Waals surface area contributed by atoms with E-state index in [1.54, 1.807) is 18.6 Å². The van der Waals surface area contributed by atoms with Gasteiger partial charge in [-0.05, 0) is 43.0 Å². The second kappa shape index (κ2) is 7.02. The van der Waals surface area contributed by atoms with Crippen LogP contribution in [0.2, 0.25) is 0 Å². The van der Waals surface area contributed by atoms with E-state index in [1.165, 1.54) is 19.3 Å². The lowest BCUT2D eigenvalue weighted by molar-refractivity contribution is 0.0946. The first kappa shape index (κ1) is 14.5. The van der Waals surface area contributed by atoms with Crippen LogP contribution in [0.3, 0.4) is 0 Å². The molecule has 3 rings (SSSR count). The second-order valence-corrected chi connectivity index (χ2v) is 5.49. The molecule has 22 heavy (non-hydrogen) atoms. The zero-order valence-electron chi connectivity index (χ0n) is 12.5. The Labute approximate surface area is 130 Å². The highest BCUT2D eigenvalue weighted by atomic mass is 16.1. The van der Waals surface area contributed by atoms with Gasteiger partial charge >= 0.3 is 0 Å². The van der Waals surface area contributed by atoms with Gasteiger partial charge in [0.2, 0.25) is 0 Å². The molecule has 0 bridgehead atoms. The smallest absolute Gasteiger partial charge is 0.270 e. The summed E-state index contributed by atoms with van der Waals surface area (Å²) < 4.78 is 0. The van der Waals surface area contributed by atoms with E-state index in [0.717, 1.165) is 24.3 Å². The van der Waals surface area contributed by atoms with Crippen LogP contribution in [0.4, 0.5) is 5.69 Å². The van der Waals surface area contributed by atoms with Crippen molar-refractivity contribution in [2.24, 2.45) is 0 Å². The summed E-state index contributed by atoms with van der Waals surface area (Å²) in [7, 11) is 0. The molecular weight excluding hydrogens is 276 g/mol. The van der Waals surface area contributed by atoms with Crippen molar-refractivity contribution in [3.05, 3.63) is 54.1 Å². The van der Waals surface area contributed by atoms with E-state index in [-0.39, 0.29) is 5.91 Å². The fourth-order valence-electron chi connectivity index (χ4n) is 2.67. The van der Waals surface area contributed by atoms with Crippen molar-refractivity contribution in [2.75, 3.05) is 18.0 Å². The molecule has 1 saturated heterocycles. The van der Waals surface area contributed by atoms with Crippen molar-refractivity contribution in [3.63, 3.8) is 0 Å². The fraction of sp³-hybridized carbons (Fsp3) is 0.353. The largest absolute Gasteiger partial charge is 0.371 e. The molecule has 5 heteroatoms. The van der Waals surface area contributed by atoms with Crippen LogP contribution in [0, 0.1) is 0 Å². The van der Waals surface area contributed by atoms with E-state index in [4.69, 9.17) is 0 Å². The number of hydrogen-bond acceptors (Lipinski definition) is 4. The highest BCUT2D eigenvalue weighted by Crippen LogP contribution is 2.19. The molecule has 0 spiro atoms. The molecule has 114 valence electrons. The molecule has 0 radical (unpaired) electrons. The molecule has 1 fully saturated rings. The summed E-state index contributed by atoms with van der Waals surface area (Å²) in [6, 6.07) is 7.65. The van der Waals surface area contributed by atoms with Gasteiger partial charge in [-0.1, -0.05) is 6.07 Å². The molecule has 2 aromatic rings. The summed E-state index contributed by atoms with van der Waals surface area (Å²) in [4.78, 5) is 22.8. The van der Waals surface area contributed by atoms with Crippen molar-refractivity contribution in [3.8, 4) is 0 Å². The van der Waals surface area contributed by atoms with E-state index in [2.05, 4.69) is 20.2 Å². The Morgan fingerprint density at radius 1 is 1.18 bits per heavy atom. The van der Waals surface area contributed by atoms with Crippen LogP contribution < -0.4 is 10.2 Å². The number of nitrogens with one attached hydrogen (secondary N) is 1. The number of anilines is 1. The van der Waals surface area contributed by atoms with Crippen LogP contribution >= 0.6 is 0 Å². The van der Waals surface area contributed by atoms with Gasteiger partial charge in [0, 0.05) is 43.9 Å². The average molecular weight is 296 g/mol. The van der Waals surface area contributed by atoms with Crippen LogP contribution in [-0.4, -0.2) is 29.0 Å². The molecule has 0 aliphatic carbocycles. The SMILES string of the molecule is O=C(NCc1cccnc1)c1cc(N2CCCCC2)ccn1. The van der Waals surface area contributed by atoms with Gasteiger partial charge in [-0.15, -0.1) is 0 Å². The zero-order chi connectivity index (χ0) is 15.2. The van der Waals surface area contributed by atoms with Gasteiger partial charge in [-0.2, -0.15) is 0 Å². The number of carbonyl (C=O) groups excluding carboxylic acids is 1. The van der Waals surface area contributed by atoms with Gasteiger partial charge in [-0.25, -0.2) is 0 Å². The van der Waals surface area contributed by atoms with Crippen molar-refractivity contribution < 1.29 is 4.79 Å².